The van der Waals surface area contributed by atoms with E-state index < -0.39 is 87.9 Å². The van der Waals surface area contributed by atoms with Crippen molar-refractivity contribution in [2.45, 2.75) is 37.5 Å². The van der Waals surface area contributed by atoms with Gasteiger partial charge in [0, 0.05) is 11.5 Å². The Morgan fingerprint density at radius 1 is 1.09 bits per heavy atom. The lowest BCUT2D eigenvalue weighted by molar-refractivity contribution is -0.196. The fourth-order valence-electron chi connectivity index (χ4n) is 6.38. The molecule has 11 heteroatoms. The number of carbonyl (C=O) groups is 6. The maximum Gasteiger partial charge on any atom is 0.235 e. The number of likely N-dealkylation sites (N-methyl/N-ethyl adjacent to an activating group) is 1. The van der Waals surface area contributed by atoms with Crippen LogP contribution in [-0.4, -0.2) is 86.9 Å². The van der Waals surface area contributed by atoms with E-state index in [1.807, 2.05) is 0 Å². The summed E-state index contributed by atoms with van der Waals surface area (Å²) >= 11 is 0. The normalized spacial score (nSPS) is 36.5. The molecule has 1 aromatic rings. The van der Waals surface area contributed by atoms with E-state index >= 15 is 0 Å². The van der Waals surface area contributed by atoms with Crippen molar-refractivity contribution in [2.24, 2.45) is 29.4 Å². The van der Waals surface area contributed by atoms with Gasteiger partial charge in [0.25, 0.3) is 0 Å². The lowest BCUT2D eigenvalue weighted by Crippen LogP contribution is -2.77. The van der Waals surface area contributed by atoms with E-state index in [0.29, 0.717) is 0 Å². The van der Waals surface area contributed by atoms with Crippen LogP contribution in [0.3, 0.4) is 0 Å². The van der Waals surface area contributed by atoms with Gasteiger partial charge < -0.3 is 21.1 Å². The highest BCUT2D eigenvalue weighted by molar-refractivity contribution is 6.32. The van der Waals surface area contributed by atoms with Crippen molar-refractivity contribution in [1.29, 1.82) is 0 Å². The zero-order valence-electron chi connectivity index (χ0n) is 19.5. The minimum absolute atomic E-state index is 0.117. The van der Waals surface area contributed by atoms with Gasteiger partial charge in [-0.15, -0.1) is 0 Å². The fraction of sp³-hybridized carbons (Fsp3) is 0.500. The molecule has 0 spiro atoms. The molecule has 0 radical (unpaired) electrons. The Morgan fingerprint density at radius 3 is 2.20 bits per heavy atom. The van der Waals surface area contributed by atoms with E-state index in [4.69, 9.17) is 5.73 Å². The molecule has 2 fully saturated rings. The third-order valence-electron chi connectivity index (χ3n) is 7.85. The van der Waals surface area contributed by atoms with E-state index in [0.717, 1.165) is 6.07 Å². The molecule has 11 nitrogen and oxygen atoms in total. The molecule has 2 unspecified atom stereocenters. The summed E-state index contributed by atoms with van der Waals surface area (Å²) in [5.74, 6) is -14.6. The molecule has 0 aromatic heterocycles. The number of aromatic hydroxyl groups is 1. The van der Waals surface area contributed by atoms with Gasteiger partial charge in [0.15, 0.2) is 40.4 Å². The summed E-state index contributed by atoms with van der Waals surface area (Å²) in [6.07, 6.45) is -1.74. The Kier molecular flexibility index (Phi) is 5.58. The first-order valence-electron chi connectivity index (χ1n) is 11.1. The summed E-state index contributed by atoms with van der Waals surface area (Å²) in [5, 5.41) is 33.5. The smallest absolute Gasteiger partial charge is 0.235 e. The standard InChI is InChI=1S/C24H26N2O9/c1-7-11-9(8(2)27)5-6-10(28)13(11)18(29)14-12(7)19(30)16-17(26(3)4)20(31)15(23(25)34)22(33)24(16,35)21(14)32/h5-7,12,14-17,19,28,30,35H,1-4H3,(H2,25,34)/t7-,12+,14?,15?,16+,17-,19-,24-/m1/s1. The minimum atomic E-state index is -3.05. The summed E-state index contributed by atoms with van der Waals surface area (Å²) in [5.41, 5.74) is 2.17. The first kappa shape index (κ1) is 24.8. The maximum absolute atomic E-state index is 13.8. The van der Waals surface area contributed by atoms with E-state index in [-0.39, 0.29) is 16.7 Å². The van der Waals surface area contributed by atoms with Crippen LogP contribution in [0.2, 0.25) is 0 Å². The third kappa shape index (κ3) is 3.01. The van der Waals surface area contributed by atoms with Gasteiger partial charge in [0.1, 0.15) is 5.75 Å². The number of aliphatic hydroxyl groups is 2. The molecule has 0 bridgehead atoms. The molecule has 0 aliphatic heterocycles. The number of phenols is 1. The molecule has 8 atom stereocenters. The summed E-state index contributed by atoms with van der Waals surface area (Å²) < 4.78 is 0. The first-order valence-corrected chi connectivity index (χ1v) is 11.1. The molecule has 186 valence electrons. The molecule has 0 heterocycles. The first-order chi connectivity index (χ1) is 16.2. The van der Waals surface area contributed by atoms with Crippen LogP contribution in [0.25, 0.3) is 0 Å². The Bertz CT molecular complexity index is 1220. The van der Waals surface area contributed by atoms with Gasteiger partial charge in [-0.05, 0) is 44.6 Å². The number of phenolic OH excluding ortho intramolecular Hbond substituents is 1. The van der Waals surface area contributed by atoms with E-state index in [2.05, 4.69) is 0 Å². The monoisotopic (exact) mass is 486 g/mol. The van der Waals surface area contributed by atoms with E-state index in [1.165, 1.54) is 32.0 Å². The molecular formula is C24H26N2O9. The second kappa shape index (κ2) is 7.87. The van der Waals surface area contributed by atoms with Crippen molar-refractivity contribution in [2.75, 3.05) is 14.1 Å². The topological polar surface area (TPSA) is 192 Å². The molecule has 35 heavy (non-hydrogen) atoms. The molecule has 5 N–H and O–H groups in total. The summed E-state index contributed by atoms with van der Waals surface area (Å²) in [6, 6.07) is 1.02. The number of rotatable bonds is 3. The Labute approximate surface area is 199 Å². The molecular weight excluding hydrogens is 460 g/mol. The third-order valence-corrected chi connectivity index (χ3v) is 7.85. The number of benzene rings is 1. The SMILES string of the molecule is CC(=O)c1ccc(O)c2c1[C@@H](C)[C@H]1C(C2=O)C(=O)[C@@]2(O)C(=O)C(C(N)=O)C(=O)[C@H](N(C)C)[C@H]2[C@@H]1O. The van der Waals surface area contributed by atoms with Crippen LogP contribution in [0.5, 0.6) is 5.75 Å². The average Bonchev–Trinajstić information content (AvgIpc) is 2.75. The zero-order valence-corrected chi connectivity index (χ0v) is 19.5. The van der Waals surface area contributed by atoms with Crippen molar-refractivity contribution in [3.05, 3.63) is 28.8 Å². The number of nitrogens with zero attached hydrogens (tertiary/aromatic N) is 1. The maximum atomic E-state index is 13.8. The van der Waals surface area contributed by atoms with Crippen LogP contribution < -0.4 is 5.73 Å². The second-order valence-electron chi connectivity index (χ2n) is 9.84. The van der Waals surface area contributed by atoms with Crippen LogP contribution in [-0.2, 0) is 19.2 Å². The highest BCUT2D eigenvalue weighted by Crippen LogP contribution is 2.54. The number of Topliss-reactive ketones (excluding diaryl/α,β-unsaturated/α-hetero) is 5. The Morgan fingerprint density at radius 2 is 1.69 bits per heavy atom. The number of fused-ring (bicyclic) bond motifs is 3. The van der Waals surface area contributed by atoms with Gasteiger partial charge in [0.2, 0.25) is 5.91 Å². The number of nitrogens with two attached hydrogens (primary N) is 1. The van der Waals surface area contributed by atoms with Crippen LogP contribution in [0.4, 0.5) is 0 Å². The van der Waals surface area contributed by atoms with Crippen LogP contribution in [0, 0.1) is 23.7 Å². The van der Waals surface area contributed by atoms with Crippen LogP contribution in [0.1, 0.15) is 46.0 Å². The summed E-state index contributed by atoms with van der Waals surface area (Å²) in [7, 11) is 2.83. The molecule has 0 saturated heterocycles. The predicted molar refractivity (Wildman–Crippen MR) is 117 cm³/mol. The van der Waals surface area contributed by atoms with Crippen molar-refractivity contribution >= 4 is 34.8 Å². The van der Waals surface area contributed by atoms with Gasteiger partial charge in [-0.3, -0.25) is 33.7 Å². The number of carbonyl (C=O) groups excluding carboxylic acids is 6. The molecule has 3 aliphatic rings. The number of aliphatic hydroxyl groups excluding tert-OH is 1. The van der Waals surface area contributed by atoms with Crippen LogP contribution in [0.15, 0.2) is 12.1 Å². The number of hydrogen-bond acceptors (Lipinski definition) is 10. The Balaban J connectivity index is 2.00. The molecule has 1 amide bonds. The number of primary amides is 1. The van der Waals surface area contributed by atoms with Gasteiger partial charge in [-0.25, -0.2) is 0 Å². The van der Waals surface area contributed by atoms with E-state index in [1.54, 1.807) is 6.92 Å². The number of ketones is 5. The average molecular weight is 486 g/mol. The molecule has 4 rings (SSSR count). The van der Waals surface area contributed by atoms with Crippen LogP contribution >= 0.6 is 0 Å². The fourth-order valence-corrected chi connectivity index (χ4v) is 6.38. The molecule has 1 aromatic carbocycles. The second-order valence-corrected chi connectivity index (χ2v) is 9.84. The van der Waals surface area contributed by atoms with Gasteiger partial charge in [0.05, 0.1) is 29.5 Å². The summed E-state index contributed by atoms with van der Waals surface area (Å²) in [4.78, 5) is 79.3. The molecule has 3 aliphatic carbocycles. The molecule has 2 saturated carbocycles. The lowest BCUT2D eigenvalue weighted by atomic mass is 9.49. The highest BCUT2D eigenvalue weighted by Gasteiger charge is 2.73. The van der Waals surface area contributed by atoms with E-state index in [9.17, 15) is 44.1 Å². The van der Waals surface area contributed by atoms with Crippen molar-refractivity contribution in [3.8, 4) is 5.75 Å². The number of hydrogen-bond donors (Lipinski definition) is 4. The lowest BCUT2D eigenvalue weighted by Gasteiger charge is -2.56. The van der Waals surface area contributed by atoms with Crippen molar-refractivity contribution in [3.63, 3.8) is 0 Å². The summed E-state index contributed by atoms with van der Waals surface area (Å²) in [6.45, 7) is 2.82. The number of amides is 1. The van der Waals surface area contributed by atoms with Gasteiger partial charge in [-0.2, -0.15) is 0 Å². The minimum Gasteiger partial charge on any atom is -0.507 e. The quantitative estimate of drug-likeness (QED) is 0.292. The van der Waals surface area contributed by atoms with Crippen molar-refractivity contribution in [1.82, 2.24) is 4.90 Å². The zero-order chi connectivity index (χ0) is 26.3. The van der Waals surface area contributed by atoms with Crippen molar-refractivity contribution < 1.29 is 44.1 Å². The largest absolute Gasteiger partial charge is 0.507 e. The highest BCUT2D eigenvalue weighted by atomic mass is 16.3. The van der Waals surface area contributed by atoms with Gasteiger partial charge in [-0.1, -0.05) is 6.92 Å². The Hall–Kier alpha value is -3.28. The predicted octanol–water partition coefficient (Wildman–Crippen LogP) is -1.40. The van der Waals surface area contributed by atoms with Gasteiger partial charge >= 0.3 is 0 Å².